The van der Waals surface area contributed by atoms with Crippen LogP contribution in [-0.4, -0.2) is 32.1 Å². The number of anilines is 1. The summed E-state index contributed by atoms with van der Waals surface area (Å²) in [6.07, 6.45) is 0.223. The monoisotopic (exact) mass is 449 g/mol. The second kappa shape index (κ2) is 8.01. The summed E-state index contributed by atoms with van der Waals surface area (Å²) >= 11 is 3.04. The molecule has 7 nitrogen and oxygen atoms in total. The van der Waals surface area contributed by atoms with E-state index in [0.29, 0.717) is 18.0 Å². The predicted molar refractivity (Wildman–Crippen MR) is 94.0 cm³/mol. The first-order chi connectivity index (χ1) is 12.8. The molecule has 1 saturated carbocycles. The molecule has 0 saturated heterocycles. The maximum Gasteiger partial charge on any atom is 0.436 e. The summed E-state index contributed by atoms with van der Waals surface area (Å²) in [4.78, 5) is 12.1. The van der Waals surface area contributed by atoms with Crippen molar-refractivity contribution < 1.29 is 22.7 Å². The standard InChI is InChI=1S/C16H19BrF3N5O2/c1-2-27-9-24-8-11(7-21-24)22-12(26)5-6-25-14(10-3-4-10)13(17)15(23-25)16(18,19)20/h7-8,10H,2-6,9H2,1H3,(H,22,26). The quantitative estimate of drug-likeness (QED) is 0.665. The van der Waals surface area contributed by atoms with E-state index in [1.807, 2.05) is 6.92 Å². The van der Waals surface area contributed by atoms with Crippen molar-refractivity contribution in [2.45, 2.75) is 51.6 Å². The summed E-state index contributed by atoms with van der Waals surface area (Å²) in [6, 6.07) is 0. The van der Waals surface area contributed by atoms with Gasteiger partial charge in [-0.15, -0.1) is 0 Å². The molecule has 27 heavy (non-hydrogen) atoms. The molecule has 3 rings (SSSR count). The minimum Gasteiger partial charge on any atom is -0.360 e. The fourth-order valence-corrected chi connectivity index (χ4v) is 3.50. The van der Waals surface area contributed by atoms with Crippen LogP contribution >= 0.6 is 15.9 Å². The number of alkyl halides is 3. The summed E-state index contributed by atoms with van der Waals surface area (Å²) in [5, 5.41) is 10.4. The van der Waals surface area contributed by atoms with E-state index in [2.05, 4.69) is 31.4 Å². The van der Waals surface area contributed by atoms with Crippen LogP contribution in [0.4, 0.5) is 18.9 Å². The highest BCUT2D eigenvalue weighted by Gasteiger charge is 2.41. The molecule has 0 spiro atoms. The Bertz CT molecular complexity index is 814. The maximum absolute atomic E-state index is 13.1. The van der Waals surface area contributed by atoms with Gasteiger partial charge in [0.25, 0.3) is 0 Å². The number of aromatic nitrogens is 4. The molecule has 1 aliphatic carbocycles. The molecule has 0 bridgehead atoms. The number of nitrogens with one attached hydrogen (secondary N) is 1. The molecule has 0 atom stereocenters. The molecule has 1 fully saturated rings. The van der Waals surface area contributed by atoms with Crippen LogP contribution in [0.25, 0.3) is 0 Å². The average molecular weight is 450 g/mol. The van der Waals surface area contributed by atoms with E-state index in [9.17, 15) is 18.0 Å². The Kier molecular flexibility index (Phi) is 5.89. The van der Waals surface area contributed by atoms with Crippen LogP contribution in [0.15, 0.2) is 16.9 Å². The van der Waals surface area contributed by atoms with Gasteiger partial charge in [-0.3, -0.25) is 9.48 Å². The third-order valence-corrected chi connectivity index (χ3v) is 4.84. The van der Waals surface area contributed by atoms with Gasteiger partial charge in [-0.1, -0.05) is 0 Å². The van der Waals surface area contributed by atoms with Gasteiger partial charge >= 0.3 is 6.18 Å². The van der Waals surface area contributed by atoms with Crippen molar-refractivity contribution in [3.05, 3.63) is 28.3 Å². The lowest BCUT2D eigenvalue weighted by Crippen LogP contribution is -2.16. The number of carbonyl (C=O) groups excluding carboxylic acids is 1. The van der Waals surface area contributed by atoms with E-state index in [1.54, 1.807) is 6.20 Å². The van der Waals surface area contributed by atoms with E-state index < -0.39 is 11.9 Å². The van der Waals surface area contributed by atoms with Crippen LogP contribution in [-0.2, 0) is 29.0 Å². The molecule has 2 aromatic rings. The molecular weight excluding hydrogens is 431 g/mol. The second-order valence-electron chi connectivity index (χ2n) is 6.23. The molecule has 148 valence electrons. The van der Waals surface area contributed by atoms with Gasteiger partial charge in [-0.2, -0.15) is 23.4 Å². The minimum atomic E-state index is -4.54. The summed E-state index contributed by atoms with van der Waals surface area (Å²) < 4.78 is 47.3. The Morgan fingerprint density at radius 3 is 2.81 bits per heavy atom. The summed E-state index contributed by atoms with van der Waals surface area (Å²) in [7, 11) is 0. The maximum atomic E-state index is 13.1. The Balaban J connectivity index is 1.62. The van der Waals surface area contributed by atoms with Crippen LogP contribution in [0.2, 0.25) is 0 Å². The predicted octanol–water partition coefficient (Wildman–Crippen LogP) is 3.76. The highest BCUT2D eigenvalue weighted by Crippen LogP contribution is 2.47. The van der Waals surface area contributed by atoms with Crippen molar-refractivity contribution in [3.8, 4) is 0 Å². The van der Waals surface area contributed by atoms with Gasteiger partial charge in [-0.25, -0.2) is 4.68 Å². The zero-order valence-corrected chi connectivity index (χ0v) is 16.2. The molecule has 0 radical (unpaired) electrons. The Hall–Kier alpha value is -1.88. The molecule has 1 aliphatic rings. The second-order valence-corrected chi connectivity index (χ2v) is 7.02. The molecule has 11 heteroatoms. The molecule has 0 unspecified atom stereocenters. The molecule has 1 amide bonds. The third kappa shape index (κ3) is 4.89. The Labute approximate surface area is 162 Å². The van der Waals surface area contributed by atoms with Crippen molar-refractivity contribution in [2.75, 3.05) is 11.9 Å². The number of hydrogen-bond acceptors (Lipinski definition) is 4. The number of aryl methyl sites for hydroxylation is 1. The number of ether oxygens (including phenoxy) is 1. The number of halogens is 4. The molecule has 2 aromatic heterocycles. The van der Waals surface area contributed by atoms with Gasteiger partial charge in [0, 0.05) is 18.9 Å². The van der Waals surface area contributed by atoms with Crippen molar-refractivity contribution in [1.29, 1.82) is 0 Å². The number of hydrogen-bond donors (Lipinski definition) is 1. The first-order valence-electron chi connectivity index (χ1n) is 8.53. The summed E-state index contributed by atoms with van der Waals surface area (Å²) in [5.41, 5.74) is 0.0708. The largest absolute Gasteiger partial charge is 0.436 e. The SMILES string of the molecule is CCOCn1cc(NC(=O)CCn2nc(C(F)(F)F)c(Br)c2C2CC2)cn1. The van der Waals surface area contributed by atoms with E-state index in [4.69, 9.17) is 4.74 Å². The van der Waals surface area contributed by atoms with Gasteiger partial charge in [0.15, 0.2) is 5.69 Å². The third-order valence-electron chi connectivity index (χ3n) is 4.06. The van der Waals surface area contributed by atoms with Crippen molar-refractivity contribution in [2.24, 2.45) is 0 Å². The summed E-state index contributed by atoms with van der Waals surface area (Å²) in [5.74, 6) is -0.268. The normalized spacial score (nSPS) is 14.6. The van der Waals surface area contributed by atoms with Crippen LogP contribution in [0, 0.1) is 0 Å². The fraction of sp³-hybridized carbons (Fsp3) is 0.562. The Morgan fingerprint density at radius 1 is 1.44 bits per heavy atom. The first-order valence-corrected chi connectivity index (χ1v) is 9.32. The molecular formula is C16H19BrF3N5O2. The van der Waals surface area contributed by atoms with Crippen LogP contribution in [0.1, 0.15) is 43.5 Å². The van der Waals surface area contributed by atoms with Gasteiger partial charge in [0.05, 0.1) is 34.8 Å². The topological polar surface area (TPSA) is 74.0 Å². The van der Waals surface area contributed by atoms with Gasteiger partial charge in [0.1, 0.15) is 6.73 Å². The number of amides is 1. The lowest BCUT2D eigenvalue weighted by Gasteiger charge is -2.07. The lowest BCUT2D eigenvalue weighted by atomic mass is 10.2. The zero-order chi connectivity index (χ0) is 19.6. The number of carbonyl (C=O) groups is 1. The fourth-order valence-electron chi connectivity index (χ4n) is 2.67. The van der Waals surface area contributed by atoms with Crippen molar-refractivity contribution in [1.82, 2.24) is 19.6 Å². The van der Waals surface area contributed by atoms with Crippen LogP contribution < -0.4 is 5.32 Å². The van der Waals surface area contributed by atoms with E-state index in [1.165, 1.54) is 15.6 Å². The first kappa shape index (κ1) is 19.9. The minimum absolute atomic E-state index is 0.00176. The van der Waals surface area contributed by atoms with Gasteiger partial charge in [0.2, 0.25) is 5.91 Å². The van der Waals surface area contributed by atoms with Gasteiger partial charge < -0.3 is 10.1 Å². The average Bonchev–Trinajstić information content (AvgIpc) is 3.23. The van der Waals surface area contributed by atoms with Gasteiger partial charge in [-0.05, 0) is 35.7 Å². The van der Waals surface area contributed by atoms with E-state index in [-0.39, 0.29) is 36.0 Å². The highest BCUT2D eigenvalue weighted by molar-refractivity contribution is 9.10. The van der Waals surface area contributed by atoms with Crippen molar-refractivity contribution >= 4 is 27.5 Å². The molecule has 1 N–H and O–H groups in total. The number of nitrogens with zero attached hydrogens (tertiary/aromatic N) is 4. The van der Waals surface area contributed by atoms with Crippen LogP contribution in [0.5, 0.6) is 0 Å². The molecule has 0 aromatic carbocycles. The Morgan fingerprint density at radius 2 is 2.19 bits per heavy atom. The summed E-state index contributed by atoms with van der Waals surface area (Å²) in [6.45, 7) is 2.75. The number of rotatable bonds is 8. The molecule has 0 aliphatic heterocycles. The van der Waals surface area contributed by atoms with Crippen LogP contribution in [0.3, 0.4) is 0 Å². The van der Waals surface area contributed by atoms with E-state index >= 15 is 0 Å². The highest BCUT2D eigenvalue weighted by atomic mass is 79.9. The van der Waals surface area contributed by atoms with Crippen molar-refractivity contribution in [3.63, 3.8) is 0 Å². The zero-order valence-electron chi connectivity index (χ0n) is 14.6. The lowest BCUT2D eigenvalue weighted by molar-refractivity contribution is -0.142. The smallest absolute Gasteiger partial charge is 0.360 e. The molecule has 2 heterocycles. The van der Waals surface area contributed by atoms with E-state index in [0.717, 1.165) is 12.8 Å².